The van der Waals surface area contributed by atoms with E-state index in [-0.39, 0.29) is 5.97 Å². The summed E-state index contributed by atoms with van der Waals surface area (Å²) >= 11 is 0. The lowest BCUT2D eigenvalue weighted by Gasteiger charge is -2.07. The number of hydrogen-bond acceptors (Lipinski definition) is 4. The van der Waals surface area contributed by atoms with Gasteiger partial charge in [0.05, 0.1) is 13.7 Å². The second-order valence-electron chi connectivity index (χ2n) is 5.36. The second kappa shape index (κ2) is 5.64. The lowest BCUT2D eigenvalue weighted by atomic mass is 10.1. The van der Waals surface area contributed by atoms with Crippen molar-refractivity contribution in [2.75, 3.05) is 12.4 Å². The minimum absolute atomic E-state index is 0.361. The van der Waals surface area contributed by atoms with E-state index in [1.807, 2.05) is 0 Å². The number of aryl methyl sites for hydroxylation is 3. The SMILES string of the molecule is COC(=O)c1cc(CNc2ccc3c(c2)CCC3)oc1C. The van der Waals surface area contributed by atoms with Gasteiger partial charge in [0.15, 0.2) is 0 Å². The van der Waals surface area contributed by atoms with Crippen LogP contribution in [0, 0.1) is 6.92 Å². The van der Waals surface area contributed by atoms with Crippen LogP contribution in [-0.2, 0) is 24.1 Å². The van der Waals surface area contributed by atoms with Gasteiger partial charge in [-0.2, -0.15) is 0 Å². The summed E-state index contributed by atoms with van der Waals surface area (Å²) in [5.74, 6) is 0.959. The van der Waals surface area contributed by atoms with Gasteiger partial charge in [0.2, 0.25) is 0 Å². The maximum atomic E-state index is 11.5. The summed E-state index contributed by atoms with van der Waals surface area (Å²) in [5.41, 5.74) is 4.47. The lowest BCUT2D eigenvalue weighted by molar-refractivity contribution is 0.0599. The Morgan fingerprint density at radius 2 is 2.10 bits per heavy atom. The molecule has 1 heterocycles. The van der Waals surface area contributed by atoms with Gasteiger partial charge in [-0.15, -0.1) is 0 Å². The summed E-state index contributed by atoms with van der Waals surface area (Å²) in [6, 6.07) is 8.24. The standard InChI is InChI=1S/C17H19NO3/c1-11-16(17(19)20-2)9-15(21-11)10-18-14-7-6-12-4-3-5-13(12)8-14/h6-9,18H,3-5,10H2,1-2H3. The van der Waals surface area contributed by atoms with Gasteiger partial charge in [0, 0.05) is 5.69 Å². The molecule has 21 heavy (non-hydrogen) atoms. The van der Waals surface area contributed by atoms with Crippen molar-refractivity contribution in [2.45, 2.75) is 32.7 Å². The molecule has 0 atom stereocenters. The highest BCUT2D eigenvalue weighted by Crippen LogP contribution is 2.25. The van der Waals surface area contributed by atoms with Crippen LogP contribution >= 0.6 is 0 Å². The average molecular weight is 285 g/mol. The first-order chi connectivity index (χ1) is 10.2. The Hall–Kier alpha value is -2.23. The number of furan rings is 1. The van der Waals surface area contributed by atoms with Crippen LogP contribution in [0.2, 0.25) is 0 Å². The van der Waals surface area contributed by atoms with Crippen molar-refractivity contribution in [1.82, 2.24) is 0 Å². The second-order valence-corrected chi connectivity index (χ2v) is 5.36. The van der Waals surface area contributed by atoms with E-state index in [9.17, 15) is 4.79 Å². The molecule has 0 spiro atoms. The molecule has 0 unspecified atom stereocenters. The van der Waals surface area contributed by atoms with E-state index in [0.29, 0.717) is 17.9 Å². The van der Waals surface area contributed by atoms with Crippen molar-refractivity contribution in [3.05, 3.63) is 52.5 Å². The predicted octanol–water partition coefficient (Wildman–Crippen LogP) is 3.48. The minimum Gasteiger partial charge on any atom is -0.465 e. The third-order valence-corrected chi connectivity index (χ3v) is 3.94. The number of carbonyl (C=O) groups excluding carboxylic acids is 1. The molecule has 0 saturated heterocycles. The summed E-state index contributed by atoms with van der Waals surface area (Å²) in [5, 5.41) is 3.34. The van der Waals surface area contributed by atoms with E-state index < -0.39 is 0 Å². The molecule has 1 N–H and O–H groups in total. The van der Waals surface area contributed by atoms with Crippen molar-refractivity contribution in [3.8, 4) is 0 Å². The minimum atomic E-state index is -0.361. The highest BCUT2D eigenvalue weighted by molar-refractivity contribution is 5.90. The van der Waals surface area contributed by atoms with Gasteiger partial charge in [-0.05, 0) is 55.5 Å². The third-order valence-electron chi connectivity index (χ3n) is 3.94. The molecule has 0 saturated carbocycles. The van der Waals surface area contributed by atoms with Crippen molar-refractivity contribution in [1.29, 1.82) is 0 Å². The van der Waals surface area contributed by atoms with Gasteiger partial charge in [0.1, 0.15) is 17.1 Å². The number of anilines is 1. The van der Waals surface area contributed by atoms with E-state index in [1.165, 1.54) is 31.1 Å². The number of ether oxygens (including phenoxy) is 1. The van der Waals surface area contributed by atoms with Crippen LogP contribution < -0.4 is 5.32 Å². The predicted molar refractivity (Wildman–Crippen MR) is 80.6 cm³/mol. The first-order valence-corrected chi connectivity index (χ1v) is 7.20. The van der Waals surface area contributed by atoms with Gasteiger partial charge in [-0.25, -0.2) is 4.79 Å². The van der Waals surface area contributed by atoms with Gasteiger partial charge >= 0.3 is 5.97 Å². The zero-order chi connectivity index (χ0) is 14.8. The zero-order valence-corrected chi connectivity index (χ0v) is 12.4. The van der Waals surface area contributed by atoms with E-state index >= 15 is 0 Å². The van der Waals surface area contributed by atoms with E-state index in [2.05, 4.69) is 23.5 Å². The molecule has 4 nitrogen and oxygen atoms in total. The molecular formula is C17H19NO3. The fourth-order valence-corrected chi connectivity index (χ4v) is 2.81. The monoisotopic (exact) mass is 285 g/mol. The van der Waals surface area contributed by atoms with Crippen molar-refractivity contribution < 1.29 is 13.9 Å². The molecule has 3 rings (SSSR count). The van der Waals surface area contributed by atoms with Crippen LogP contribution in [-0.4, -0.2) is 13.1 Å². The maximum absolute atomic E-state index is 11.5. The fraction of sp³-hybridized carbons (Fsp3) is 0.353. The highest BCUT2D eigenvalue weighted by Gasteiger charge is 2.15. The number of fused-ring (bicyclic) bond motifs is 1. The fourth-order valence-electron chi connectivity index (χ4n) is 2.81. The topological polar surface area (TPSA) is 51.5 Å². The lowest BCUT2D eigenvalue weighted by Crippen LogP contribution is -2.01. The maximum Gasteiger partial charge on any atom is 0.341 e. The van der Waals surface area contributed by atoms with Crippen LogP contribution in [0.4, 0.5) is 5.69 Å². The molecule has 0 aliphatic heterocycles. The van der Waals surface area contributed by atoms with E-state index in [1.54, 1.807) is 13.0 Å². The van der Waals surface area contributed by atoms with Gasteiger partial charge in [0.25, 0.3) is 0 Å². The molecule has 110 valence electrons. The van der Waals surface area contributed by atoms with E-state index in [0.717, 1.165) is 17.9 Å². The van der Waals surface area contributed by atoms with Crippen LogP contribution in [0.3, 0.4) is 0 Å². The molecule has 1 aliphatic carbocycles. The Bertz CT molecular complexity index is 673. The van der Waals surface area contributed by atoms with Gasteiger partial charge in [-0.1, -0.05) is 6.07 Å². The van der Waals surface area contributed by atoms with Crippen LogP contribution in [0.1, 0.15) is 39.4 Å². The molecule has 1 aromatic carbocycles. The number of esters is 1. The van der Waals surface area contributed by atoms with Crippen molar-refractivity contribution in [2.24, 2.45) is 0 Å². The first kappa shape index (κ1) is 13.7. The Labute approximate surface area is 124 Å². The smallest absolute Gasteiger partial charge is 0.341 e. The Morgan fingerprint density at radius 1 is 1.29 bits per heavy atom. The quantitative estimate of drug-likeness (QED) is 0.874. The van der Waals surface area contributed by atoms with E-state index in [4.69, 9.17) is 9.15 Å². The number of benzene rings is 1. The highest BCUT2D eigenvalue weighted by atomic mass is 16.5. The molecule has 0 bridgehead atoms. The van der Waals surface area contributed by atoms with Gasteiger partial charge < -0.3 is 14.5 Å². The number of hydrogen-bond donors (Lipinski definition) is 1. The summed E-state index contributed by atoms with van der Waals surface area (Å²) in [6.45, 7) is 2.32. The summed E-state index contributed by atoms with van der Waals surface area (Å²) < 4.78 is 10.3. The van der Waals surface area contributed by atoms with Crippen LogP contribution in [0.5, 0.6) is 0 Å². The normalized spacial score (nSPS) is 13.0. The van der Waals surface area contributed by atoms with Crippen LogP contribution in [0.15, 0.2) is 28.7 Å². The summed E-state index contributed by atoms with van der Waals surface area (Å²) in [7, 11) is 1.37. The first-order valence-electron chi connectivity index (χ1n) is 7.20. The molecule has 4 heteroatoms. The van der Waals surface area contributed by atoms with Gasteiger partial charge in [-0.3, -0.25) is 0 Å². The molecule has 0 amide bonds. The summed E-state index contributed by atoms with van der Waals surface area (Å²) in [6.07, 6.45) is 3.60. The molecule has 2 aromatic rings. The Balaban J connectivity index is 1.69. The molecular weight excluding hydrogens is 266 g/mol. The Morgan fingerprint density at radius 3 is 2.90 bits per heavy atom. The van der Waals surface area contributed by atoms with Crippen molar-refractivity contribution >= 4 is 11.7 Å². The average Bonchev–Trinajstić information content (AvgIpc) is 3.10. The van der Waals surface area contributed by atoms with Crippen molar-refractivity contribution in [3.63, 3.8) is 0 Å². The Kier molecular flexibility index (Phi) is 3.69. The van der Waals surface area contributed by atoms with Crippen LogP contribution in [0.25, 0.3) is 0 Å². The third kappa shape index (κ3) is 2.79. The molecule has 0 radical (unpaired) electrons. The number of rotatable bonds is 4. The number of methoxy groups -OCH3 is 1. The zero-order valence-electron chi connectivity index (χ0n) is 12.4. The molecule has 0 fully saturated rings. The molecule has 1 aliphatic rings. The molecule has 1 aromatic heterocycles. The largest absolute Gasteiger partial charge is 0.465 e. The number of carbonyl (C=O) groups is 1. The number of nitrogens with one attached hydrogen (secondary N) is 1. The summed E-state index contributed by atoms with van der Waals surface area (Å²) in [4.78, 5) is 11.5.